The van der Waals surface area contributed by atoms with Gasteiger partial charge in [-0.05, 0) is 32.6 Å². The molecule has 0 N–H and O–H groups in total. The van der Waals surface area contributed by atoms with Gasteiger partial charge in [0.2, 0.25) is 0 Å². The number of nitrogens with zero attached hydrogens (tertiary/aromatic N) is 1. The first-order valence-electron chi connectivity index (χ1n) is 6.04. The molecule has 0 heterocycles. The van der Waals surface area contributed by atoms with Crippen molar-refractivity contribution in [1.29, 1.82) is 5.26 Å². The maximum atomic E-state index is 8.81. The van der Waals surface area contributed by atoms with Crippen LogP contribution in [0, 0.1) is 22.7 Å². The summed E-state index contributed by atoms with van der Waals surface area (Å²) in [5.41, 5.74) is -0.225. The molecule has 0 aromatic carbocycles. The Balaban J connectivity index is 3.20. The van der Waals surface area contributed by atoms with Crippen LogP contribution in [0.5, 0.6) is 0 Å². The van der Waals surface area contributed by atoms with Crippen LogP contribution in [0.3, 0.4) is 0 Å². The summed E-state index contributed by atoms with van der Waals surface area (Å²) in [6, 6.07) is 2.28. The van der Waals surface area contributed by atoms with E-state index in [0.717, 1.165) is 26.1 Å². The van der Waals surface area contributed by atoms with Crippen molar-refractivity contribution < 1.29 is 9.47 Å². The van der Waals surface area contributed by atoms with Crippen molar-refractivity contribution >= 4 is 0 Å². The molecule has 0 unspecified atom stereocenters. The van der Waals surface area contributed by atoms with Crippen molar-refractivity contribution in [2.24, 2.45) is 11.3 Å². The maximum absolute atomic E-state index is 8.81. The molecule has 0 aliphatic rings. The predicted octanol–water partition coefficient (Wildman–Crippen LogP) is 3.01. The summed E-state index contributed by atoms with van der Waals surface area (Å²) in [5.74, 6) is 0.580. The minimum absolute atomic E-state index is 0.225. The molecule has 0 rings (SSSR count). The first-order chi connectivity index (χ1) is 7.48. The molecule has 0 amide bonds. The van der Waals surface area contributed by atoms with E-state index in [0.29, 0.717) is 19.1 Å². The molecule has 0 fully saturated rings. The molecule has 0 saturated heterocycles. The van der Waals surface area contributed by atoms with Crippen molar-refractivity contribution in [1.82, 2.24) is 0 Å². The van der Waals surface area contributed by atoms with Crippen LogP contribution >= 0.6 is 0 Å². The highest BCUT2D eigenvalue weighted by molar-refractivity contribution is 4.91. The second-order valence-electron chi connectivity index (χ2n) is 5.18. The number of ether oxygens (including phenoxy) is 2. The van der Waals surface area contributed by atoms with E-state index in [9.17, 15) is 0 Å². The van der Waals surface area contributed by atoms with Crippen LogP contribution in [0.1, 0.15) is 40.5 Å². The van der Waals surface area contributed by atoms with Gasteiger partial charge in [-0.3, -0.25) is 0 Å². The largest absolute Gasteiger partial charge is 0.379 e. The summed E-state index contributed by atoms with van der Waals surface area (Å²) in [5, 5.41) is 8.81. The van der Waals surface area contributed by atoms with E-state index in [1.54, 1.807) is 0 Å². The van der Waals surface area contributed by atoms with Crippen LogP contribution in [-0.2, 0) is 9.47 Å². The van der Waals surface area contributed by atoms with Crippen LogP contribution in [0.2, 0.25) is 0 Å². The topological polar surface area (TPSA) is 42.2 Å². The molecule has 3 heteroatoms. The Morgan fingerprint density at radius 1 is 1.12 bits per heavy atom. The third-order valence-corrected chi connectivity index (χ3v) is 2.22. The number of hydrogen-bond acceptors (Lipinski definition) is 3. The van der Waals surface area contributed by atoms with Gasteiger partial charge in [0, 0.05) is 13.2 Å². The lowest BCUT2D eigenvalue weighted by Crippen LogP contribution is -2.11. The van der Waals surface area contributed by atoms with Crippen molar-refractivity contribution in [3.63, 3.8) is 0 Å². The van der Waals surface area contributed by atoms with E-state index >= 15 is 0 Å². The molecule has 0 radical (unpaired) electrons. The summed E-state index contributed by atoms with van der Waals surface area (Å²) < 4.78 is 10.8. The first-order valence-corrected chi connectivity index (χ1v) is 6.04. The highest BCUT2D eigenvalue weighted by Crippen LogP contribution is 2.20. The first kappa shape index (κ1) is 15.4. The fourth-order valence-corrected chi connectivity index (χ4v) is 1.21. The zero-order chi connectivity index (χ0) is 12.4. The SMILES string of the molecule is CC(C)COCCOCCCC(C)(C)C#N. The van der Waals surface area contributed by atoms with Gasteiger partial charge in [0.05, 0.1) is 24.7 Å². The van der Waals surface area contributed by atoms with Gasteiger partial charge >= 0.3 is 0 Å². The summed E-state index contributed by atoms with van der Waals surface area (Å²) in [4.78, 5) is 0. The third kappa shape index (κ3) is 9.95. The molecule has 0 aromatic heterocycles. The third-order valence-electron chi connectivity index (χ3n) is 2.22. The standard InChI is InChI=1S/C13H25NO2/c1-12(2)10-16-9-8-15-7-5-6-13(3,4)11-14/h12H,5-10H2,1-4H3. The number of hydrogen-bond donors (Lipinski definition) is 0. The lowest BCUT2D eigenvalue weighted by molar-refractivity contribution is 0.0354. The molecule has 0 aliphatic heterocycles. The van der Waals surface area contributed by atoms with Gasteiger partial charge in [0.15, 0.2) is 0 Å². The van der Waals surface area contributed by atoms with Crippen molar-refractivity contribution in [3.05, 3.63) is 0 Å². The second kappa shape index (κ2) is 8.55. The zero-order valence-corrected chi connectivity index (χ0v) is 11.1. The lowest BCUT2D eigenvalue weighted by atomic mass is 9.90. The number of nitriles is 1. The van der Waals surface area contributed by atoms with Crippen molar-refractivity contribution in [3.8, 4) is 6.07 Å². The van der Waals surface area contributed by atoms with Gasteiger partial charge < -0.3 is 9.47 Å². The van der Waals surface area contributed by atoms with E-state index in [-0.39, 0.29) is 5.41 Å². The second-order valence-corrected chi connectivity index (χ2v) is 5.18. The fraction of sp³-hybridized carbons (Fsp3) is 0.923. The van der Waals surface area contributed by atoms with Gasteiger partial charge in [-0.25, -0.2) is 0 Å². The highest BCUT2D eigenvalue weighted by atomic mass is 16.5. The normalized spacial score (nSPS) is 11.8. The lowest BCUT2D eigenvalue weighted by Gasteiger charge is -2.14. The smallest absolute Gasteiger partial charge is 0.0700 e. The van der Waals surface area contributed by atoms with Gasteiger partial charge in [-0.1, -0.05) is 13.8 Å². The van der Waals surface area contributed by atoms with Crippen molar-refractivity contribution in [2.45, 2.75) is 40.5 Å². The monoisotopic (exact) mass is 227 g/mol. The van der Waals surface area contributed by atoms with Crippen molar-refractivity contribution in [2.75, 3.05) is 26.4 Å². The van der Waals surface area contributed by atoms with Gasteiger partial charge in [0.25, 0.3) is 0 Å². The predicted molar refractivity (Wildman–Crippen MR) is 65.1 cm³/mol. The summed E-state index contributed by atoms with van der Waals surface area (Å²) in [6.45, 7) is 11.0. The highest BCUT2D eigenvalue weighted by Gasteiger charge is 2.15. The minimum Gasteiger partial charge on any atom is -0.379 e. The Morgan fingerprint density at radius 3 is 2.31 bits per heavy atom. The van der Waals surface area contributed by atoms with Gasteiger partial charge in [-0.15, -0.1) is 0 Å². The van der Waals surface area contributed by atoms with Crippen LogP contribution in [-0.4, -0.2) is 26.4 Å². The summed E-state index contributed by atoms with van der Waals surface area (Å²) in [6.07, 6.45) is 1.82. The zero-order valence-electron chi connectivity index (χ0n) is 11.1. The molecule has 94 valence electrons. The van der Waals surface area contributed by atoms with E-state index in [1.807, 2.05) is 13.8 Å². The summed E-state index contributed by atoms with van der Waals surface area (Å²) >= 11 is 0. The average Bonchev–Trinajstić information content (AvgIpc) is 2.21. The van der Waals surface area contributed by atoms with Crippen LogP contribution < -0.4 is 0 Å². The Bertz CT molecular complexity index is 206. The maximum Gasteiger partial charge on any atom is 0.0700 e. The Kier molecular flexibility index (Phi) is 8.23. The Morgan fingerprint density at radius 2 is 1.75 bits per heavy atom. The molecule has 0 aromatic rings. The number of rotatable bonds is 9. The van der Waals surface area contributed by atoms with E-state index in [4.69, 9.17) is 14.7 Å². The molecule has 0 bridgehead atoms. The minimum atomic E-state index is -0.225. The molecule has 0 aliphatic carbocycles. The van der Waals surface area contributed by atoms with E-state index in [2.05, 4.69) is 19.9 Å². The molecule has 0 atom stereocenters. The fourth-order valence-electron chi connectivity index (χ4n) is 1.21. The molecule has 3 nitrogen and oxygen atoms in total. The molecule has 0 saturated carbocycles. The molecular weight excluding hydrogens is 202 g/mol. The summed E-state index contributed by atoms with van der Waals surface area (Å²) in [7, 11) is 0. The van der Waals surface area contributed by atoms with Crippen LogP contribution in [0.15, 0.2) is 0 Å². The molecule has 0 spiro atoms. The van der Waals surface area contributed by atoms with Crippen LogP contribution in [0.25, 0.3) is 0 Å². The Labute approximate surface area is 99.7 Å². The molecular formula is C13H25NO2. The quantitative estimate of drug-likeness (QED) is 0.569. The average molecular weight is 227 g/mol. The van der Waals surface area contributed by atoms with E-state index < -0.39 is 0 Å². The van der Waals surface area contributed by atoms with Gasteiger partial charge in [-0.2, -0.15) is 5.26 Å². The molecule has 16 heavy (non-hydrogen) atoms. The Hall–Kier alpha value is -0.590. The van der Waals surface area contributed by atoms with Gasteiger partial charge in [0.1, 0.15) is 0 Å². The van der Waals surface area contributed by atoms with E-state index in [1.165, 1.54) is 0 Å². The van der Waals surface area contributed by atoms with Crippen LogP contribution in [0.4, 0.5) is 0 Å².